The van der Waals surface area contributed by atoms with E-state index < -0.39 is 0 Å². The van der Waals surface area contributed by atoms with E-state index in [1.807, 2.05) is 12.3 Å². The summed E-state index contributed by atoms with van der Waals surface area (Å²) >= 11 is 1.61. The number of carbonyl (C=O) groups is 1. The molecule has 0 radical (unpaired) electrons. The van der Waals surface area contributed by atoms with Crippen molar-refractivity contribution in [3.05, 3.63) is 24.2 Å². The van der Waals surface area contributed by atoms with Gasteiger partial charge in [-0.05, 0) is 37.6 Å². The number of furan rings is 1. The molecule has 1 amide bonds. The molecule has 2 bridgehead atoms. The van der Waals surface area contributed by atoms with Gasteiger partial charge >= 0.3 is 0 Å². The number of aromatic nitrogens is 1. The first-order valence-corrected chi connectivity index (χ1v) is 8.90. The Morgan fingerprint density at radius 3 is 3.23 bits per heavy atom. The van der Waals surface area contributed by atoms with E-state index in [9.17, 15) is 4.79 Å². The minimum absolute atomic E-state index is 0.125. The van der Waals surface area contributed by atoms with Gasteiger partial charge in [0.15, 0.2) is 11.3 Å². The molecule has 0 saturated carbocycles. The Kier molecular flexibility index (Phi) is 3.58. The van der Waals surface area contributed by atoms with Crippen LogP contribution in [0.5, 0.6) is 0 Å². The standard InChI is InChI=1S/C16H19N3O2S/c1-22-13-9-21-15-12(13)2-4-17-14(15)16(20)18-11-6-10-3-5-19(7-10)8-11/h2,4,9-11H,3,5-8H2,1H3,(H,18,20)/t10-,11-/m1/s1. The number of rotatable bonds is 3. The molecule has 6 heteroatoms. The Balaban J connectivity index is 1.56. The number of hydrogen-bond donors (Lipinski definition) is 1. The van der Waals surface area contributed by atoms with E-state index in [-0.39, 0.29) is 11.9 Å². The van der Waals surface area contributed by atoms with Crippen molar-refractivity contribution < 1.29 is 9.21 Å². The normalized spacial score (nSPS) is 27.2. The van der Waals surface area contributed by atoms with Crippen LogP contribution in [-0.2, 0) is 0 Å². The zero-order valence-electron chi connectivity index (χ0n) is 12.5. The highest BCUT2D eigenvalue weighted by molar-refractivity contribution is 7.98. The van der Waals surface area contributed by atoms with Gasteiger partial charge in [-0.3, -0.25) is 4.79 Å². The molecule has 2 fully saturated rings. The van der Waals surface area contributed by atoms with E-state index in [2.05, 4.69) is 15.2 Å². The fraction of sp³-hybridized carbons (Fsp3) is 0.500. The molecule has 2 aliphatic heterocycles. The summed E-state index contributed by atoms with van der Waals surface area (Å²) in [4.78, 5) is 20.3. The first kappa shape index (κ1) is 14.1. The van der Waals surface area contributed by atoms with Gasteiger partial charge in [-0.1, -0.05) is 0 Å². The van der Waals surface area contributed by atoms with E-state index in [4.69, 9.17) is 4.42 Å². The van der Waals surface area contributed by atoms with Crippen molar-refractivity contribution in [2.75, 3.05) is 25.9 Å². The molecular formula is C16H19N3O2S. The van der Waals surface area contributed by atoms with Crippen molar-refractivity contribution in [3.8, 4) is 0 Å². The summed E-state index contributed by atoms with van der Waals surface area (Å²) in [7, 11) is 0. The second-order valence-electron chi connectivity index (χ2n) is 6.16. The second-order valence-corrected chi connectivity index (χ2v) is 7.01. The van der Waals surface area contributed by atoms with Crippen LogP contribution >= 0.6 is 11.8 Å². The molecule has 0 aromatic carbocycles. The highest BCUT2D eigenvalue weighted by Crippen LogP contribution is 2.30. The minimum atomic E-state index is -0.125. The number of nitrogens with zero attached hydrogens (tertiary/aromatic N) is 2. The molecular weight excluding hydrogens is 298 g/mol. The lowest BCUT2D eigenvalue weighted by Crippen LogP contribution is -2.47. The van der Waals surface area contributed by atoms with E-state index in [1.165, 1.54) is 19.5 Å². The van der Waals surface area contributed by atoms with Crippen molar-refractivity contribution in [1.29, 1.82) is 0 Å². The third-order valence-corrected chi connectivity index (χ3v) is 5.45. The summed E-state index contributed by atoms with van der Waals surface area (Å²) in [5, 5.41) is 4.10. The number of nitrogens with one attached hydrogen (secondary N) is 1. The first-order chi connectivity index (χ1) is 10.7. The number of carbonyl (C=O) groups excluding carboxylic acids is 1. The number of fused-ring (bicyclic) bond motifs is 3. The van der Waals surface area contributed by atoms with E-state index in [1.54, 1.807) is 24.2 Å². The van der Waals surface area contributed by atoms with Gasteiger partial charge in [0.1, 0.15) is 6.26 Å². The fourth-order valence-corrected chi connectivity index (χ4v) is 4.20. The second kappa shape index (κ2) is 5.59. The number of thioether (sulfide) groups is 1. The van der Waals surface area contributed by atoms with Gasteiger partial charge in [-0.25, -0.2) is 4.98 Å². The molecule has 22 heavy (non-hydrogen) atoms. The third kappa shape index (κ3) is 2.40. The molecule has 2 aromatic rings. The molecule has 4 heterocycles. The van der Waals surface area contributed by atoms with Crippen molar-refractivity contribution in [2.24, 2.45) is 5.92 Å². The van der Waals surface area contributed by atoms with E-state index in [0.717, 1.165) is 29.2 Å². The van der Waals surface area contributed by atoms with Gasteiger partial charge in [-0.15, -0.1) is 11.8 Å². The summed E-state index contributed by atoms with van der Waals surface area (Å²) in [6, 6.07) is 2.12. The van der Waals surface area contributed by atoms with E-state index in [0.29, 0.717) is 11.3 Å². The molecule has 0 aliphatic carbocycles. The fourth-order valence-electron chi connectivity index (χ4n) is 3.68. The maximum atomic E-state index is 12.6. The monoisotopic (exact) mass is 317 g/mol. The Bertz CT molecular complexity index is 702. The molecule has 116 valence electrons. The molecule has 4 rings (SSSR count). The van der Waals surface area contributed by atoms with Crippen LogP contribution in [0.25, 0.3) is 11.0 Å². The lowest BCUT2D eigenvalue weighted by Gasteiger charge is -2.30. The Hall–Kier alpha value is -1.53. The maximum absolute atomic E-state index is 12.6. The smallest absolute Gasteiger partial charge is 0.274 e. The Morgan fingerprint density at radius 2 is 2.41 bits per heavy atom. The Labute approximate surface area is 133 Å². The summed E-state index contributed by atoms with van der Waals surface area (Å²) in [5.74, 6) is 0.606. The quantitative estimate of drug-likeness (QED) is 0.881. The van der Waals surface area contributed by atoms with Crippen LogP contribution in [0.3, 0.4) is 0 Å². The van der Waals surface area contributed by atoms with Gasteiger partial charge in [0.2, 0.25) is 0 Å². The SMILES string of the molecule is CSc1coc2c(C(=O)N[C@@H]3C[C@H]4CCN(C4)C3)nccc12. The zero-order chi connectivity index (χ0) is 15.1. The lowest BCUT2D eigenvalue weighted by molar-refractivity contribution is 0.0905. The van der Waals surface area contributed by atoms with Crippen LogP contribution in [0.15, 0.2) is 27.8 Å². The summed E-state index contributed by atoms with van der Waals surface area (Å²) in [5.41, 5.74) is 0.981. The molecule has 1 unspecified atom stereocenters. The zero-order valence-corrected chi connectivity index (χ0v) is 13.4. The maximum Gasteiger partial charge on any atom is 0.274 e. The molecule has 5 nitrogen and oxygen atoms in total. The average molecular weight is 317 g/mol. The molecule has 0 spiro atoms. The van der Waals surface area contributed by atoms with Gasteiger partial charge in [0.05, 0.1) is 4.90 Å². The minimum Gasteiger partial charge on any atom is -0.461 e. The largest absolute Gasteiger partial charge is 0.461 e. The topological polar surface area (TPSA) is 58.4 Å². The summed E-state index contributed by atoms with van der Waals surface area (Å²) < 4.78 is 5.58. The third-order valence-electron chi connectivity index (χ3n) is 4.69. The van der Waals surface area contributed by atoms with Crippen molar-refractivity contribution >= 4 is 28.6 Å². The molecule has 2 saturated heterocycles. The van der Waals surface area contributed by atoms with Crippen LogP contribution in [0.4, 0.5) is 0 Å². The predicted octanol–water partition coefficient (Wildman–Crippen LogP) is 2.37. The van der Waals surface area contributed by atoms with Gasteiger partial charge in [0, 0.05) is 30.7 Å². The average Bonchev–Trinajstić information content (AvgIpc) is 3.09. The highest BCUT2D eigenvalue weighted by atomic mass is 32.2. The van der Waals surface area contributed by atoms with Crippen LogP contribution in [0, 0.1) is 5.92 Å². The van der Waals surface area contributed by atoms with Crippen molar-refractivity contribution in [3.63, 3.8) is 0 Å². The molecule has 2 aromatic heterocycles. The highest BCUT2D eigenvalue weighted by Gasteiger charge is 2.33. The number of piperidine rings is 1. The molecule has 2 aliphatic rings. The van der Waals surface area contributed by atoms with Gasteiger partial charge in [0.25, 0.3) is 5.91 Å². The van der Waals surface area contributed by atoms with Crippen LogP contribution in [0.2, 0.25) is 0 Å². The van der Waals surface area contributed by atoms with E-state index >= 15 is 0 Å². The van der Waals surface area contributed by atoms with Crippen LogP contribution in [0.1, 0.15) is 23.3 Å². The first-order valence-electron chi connectivity index (χ1n) is 7.68. The molecule has 1 N–H and O–H groups in total. The summed E-state index contributed by atoms with van der Waals surface area (Å²) in [6.07, 6.45) is 7.71. The van der Waals surface area contributed by atoms with Crippen LogP contribution in [-0.4, -0.2) is 47.7 Å². The predicted molar refractivity (Wildman–Crippen MR) is 86.2 cm³/mol. The Morgan fingerprint density at radius 1 is 1.50 bits per heavy atom. The molecule has 3 atom stereocenters. The number of hydrogen-bond acceptors (Lipinski definition) is 5. The number of pyridine rings is 1. The lowest BCUT2D eigenvalue weighted by atomic mass is 9.97. The van der Waals surface area contributed by atoms with Crippen LogP contribution < -0.4 is 5.32 Å². The van der Waals surface area contributed by atoms with Crippen molar-refractivity contribution in [2.45, 2.75) is 23.8 Å². The van der Waals surface area contributed by atoms with Gasteiger partial charge in [-0.2, -0.15) is 0 Å². The summed E-state index contributed by atoms with van der Waals surface area (Å²) in [6.45, 7) is 3.31. The number of amides is 1. The van der Waals surface area contributed by atoms with Crippen molar-refractivity contribution in [1.82, 2.24) is 15.2 Å². The van der Waals surface area contributed by atoms with Gasteiger partial charge < -0.3 is 14.6 Å².